The molecule has 0 aliphatic rings. The maximum Gasteiger partial charge on any atom is 0.413 e. The summed E-state index contributed by atoms with van der Waals surface area (Å²) in [6, 6.07) is 9.27. The largest absolute Gasteiger partial charge is 0.444 e. The number of sulfonamides is 1. The molecule has 0 aliphatic carbocycles. The van der Waals surface area contributed by atoms with E-state index in [9.17, 15) is 17.6 Å². The minimum Gasteiger partial charge on any atom is -0.444 e. The van der Waals surface area contributed by atoms with Crippen LogP contribution >= 0.6 is 0 Å². The van der Waals surface area contributed by atoms with Crippen molar-refractivity contribution in [1.29, 1.82) is 0 Å². The summed E-state index contributed by atoms with van der Waals surface area (Å²) in [6.45, 7) is 5.12. The topological polar surface area (TPSA) is 97.4 Å². The fourth-order valence-corrected chi connectivity index (χ4v) is 2.92. The van der Waals surface area contributed by atoms with Gasteiger partial charge < -0.3 is 4.74 Å². The molecule has 0 atom stereocenters. The number of anilines is 1. The molecule has 0 radical (unpaired) electrons. The van der Waals surface area contributed by atoms with E-state index in [0.29, 0.717) is 5.69 Å². The van der Waals surface area contributed by atoms with Crippen LogP contribution in [0.15, 0.2) is 47.4 Å². The number of rotatable bonds is 5. The molecule has 0 saturated carbocycles. The van der Waals surface area contributed by atoms with Crippen LogP contribution in [0.25, 0.3) is 0 Å². The van der Waals surface area contributed by atoms with E-state index in [1.165, 1.54) is 12.1 Å². The Morgan fingerprint density at radius 3 is 2.42 bits per heavy atom. The molecule has 2 rings (SSSR count). The molecule has 1 aromatic carbocycles. The summed E-state index contributed by atoms with van der Waals surface area (Å²) < 4.78 is 44.8. The van der Waals surface area contributed by atoms with Gasteiger partial charge in [-0.25, -0.2) is 27.3 Å². The number of carbonyl (C=O) groups excluding carboxylic acids is 1. The van der Waals surface area contributed by atoms with Gasteiger partial charge in [-0.3, -0.25) is 5.32 Å². The SMILES string of the molecule is CC(C)(C)OC(=O)Nc1cccc(CNS(=O)(=O)c2ccc(F)cc2)n1. The molecule has 1 aromatic heterocycles. The Labute approximate surface area is 151 Å². The van der Waals surface area contributed by atoms with E-state index in [0.717, 1.165) is 12.1 Å². The van der Waals surface area contributed by atoms with Gasteiger partial charge in [0.05, 0.1) is 17.1 Å². The van der Waals surface area contributed by atoms with E-state index in [4.69, 9.17) is 4.74 Å². The Morgan fingerprint density at radius 1 is 1.15 bits per heavy atom. The number of hydrogen-bond donors (Lipinski definition) is 2. The normalized spacial score (nSPS) is 11.8. The van der Waals surface area contributed by atoms with Gasteiger partial charge in [0.1, 0.15) is 17.2 Å². The summed E-state index contributed by atoms with van der Waals surface area (Å²) in [5.41, 5.74) is -0.254. The third kappa shape index (κ3) is 6.08. The molecule has 0 saturated heterocycles. The molecule has 9 heteroatoms. The lowest BCUT2D eigenvalue weighted by molar-refractivity contribution is 0.0635. The monoisotopic (exact) mass is 381 g/mol. The maximum absolute atomic E-state index is 12.9. The number of nitrogens with zero attached hydrogens (tertiary/aromatic N) is 1. The fourth-order valence-electron chi connectivity index (χ4n) is 1.92. The lowest BCUT2D eigenvalue weighted by Gasteiger charge is -2.19. The summed E-state index contributed by atoms with van der Waals surface area (Å²) in [5.74, 6) is -0.288. The zero-order chi connectivity index (χ0) is 19.4. The second-order valence-electron chi connectivity index (χ2n) is 6.42. The van der Waals surface area contributed by atoms with Crippen molar-refractivity contribution in [1.82, 2.24) is 9.71 Å². The molecule has 0 fully saturated rings. The van der Waals surface area contributed by atoms with Crippen molar-refractivity contribution in [2.45, 2.75) is 37.8 Å². The van der Waals surface area contributed by atoms with Crippen LogP contribution in [0.3, 0.4) is 0 Å². The number of ether oxygens (including phenoxy) is 1. The molecule has 0 spiro atoms. The summed E-state index contributed by atoms with van der Waals surface area (Å²) in [7, 11) is -3.80. The minimum atomic E-state index is -3.80. The summed E-state index contributed by atoms with van der Waals surface area (Å²) in [6.07, 6.45) is -0.658. The van der Waals surface area contributed by atoms with Crippen LogP contribution in [0, 0.1) is 5.82 Å². The highest BCUT2D eigenvalue weighted by atomic mass is 32.2. The van der Waals surface area contributed by atoms with Crippen LogP contribution in [-0.2, 0) is 21.3 Å². The molecule has 2 N–H and O–H groups in total. The number of carbonyl (C=O) groups is 1. The second-order valence-corrected chi connectivity index (χ2v) is 8.19. The molecule has 7 nitrogen and oxygen atoms in total. The summed E-state index contributed by atoms with van der Waals surface area (Å²) >= 11 is 0. The van der Waals surface area contributed by atoms with Crippen molar-refractivity contribution in [2.24, 2.45) is 0 Å². The van der Waals surface area contributed by atoms with Crippen molar-refractivity contribution in [3.05, 3.63) is 54.0 Å². The van der Waals surface area contributed by atoms with Gasteiger partial charge in [-0.05, 0) is 57.2 Å². The van der Waals surface area contributed by atoms with Crippen molar-refractivity contribution in [3.8, 4) is 0 Å². The highest BCUT2D eigenvalue weighted by molar-refractivity contribution is 7.89. The predicted molar refractivity (Wildman–Crippen MR) is 94.5 cm³/mol. The summed E-state index contributed by atoms with van der Waals surface area (Å²) in [4.78, 5) is 15.9. The van der Waals surface area contributed by atoms with E-state index >= 15 is 0 Å². The smallest absolute Gasteiger partial charge is 0.413 e. The molecule has 2 aromatic rings. The van der Waals surface area contributed by atoms with Gasteiger partial charge in [0.15, 0.2) is 0 Å². The van der Waals surface area contributed by atoms with E-state index in [1.54, 1.807) is 39.0 Å². The van der Waals surface area contributed by atoms with Crippen molar-refractivity contribution in [2.75, 3.05) is 5.32 Å². The zero-order valence-electron chi connectivity index (χ0n) is 14.6. The highest BCUT2D eigenvalue weighted by Gasteiger charge is 2.17. The number of nitrogens with one attached hydrogen (secondary N) is 2. The van der Waals surface area contributed by atoms with Gasteiger partial charge in [0.2, 0.25) is 10.0 Å². The number of pyridine rings is 1. The van der Waals surface area contributed by atoms with Gasteiger partial charge in [-0.1, -0.05) is 6.07 Å². The van der Waals surface area contributed by atoms with Crippen LogP contribution in [0.5, 0.6) is 0 Å². The molecule has 1 amide bonds. The Hall–Kier alpha value is -2.52. The third-order valence-electron chi connectivity index (χ3n) is 3.00. The standard InChI is InChI=1S/C17H20FN3O4S/c1-17(2,3)25-16(22)21-15-6-4-5-13(20-15)11-19-26(23,24)14-9-7-12(18)8-10-14/h4-10,19H,11H2,1-3H3,(H,20,21,22). The van der Waals surface area contributed by atoms with Crippen molar-refractivity contribution in [3.63, 3.8) is 0 Å². The Balaban J connectivity index is 2.02. The van der Waals surface area contributed by atoms with Crippen LogP contribution < -0.4 is 10.0 Å². The van der Waals surface area contributed by atoms with Crippen LogP contribution in [-0.4, -0.2) is 25.1 Å². The first-order valence-electron chi connectivity index (χ1n) is 7.76. The van der Waals surface area contributed by atoms with Gasteiger partial charge in [-0.15, -0.1) is 0 Å². The Bertz CT molecular complexity index is 878. The van der Waals surface area contributed by atoms with E-state index in [-0.39, 0.29) is 17.3 Å². The summed E-state index contributed by atoms with van der Waals surface area (Å²) in [5, 5.41) is 2.48. The molecule has 1 heterocycles. The number of amides is 1. The number of benzene rings is 1. The average molecular weight is 381 g/mol. The van der Waals surface area contributed by atoms with E-state index in [1.807, 2.05) is 0 Å². The first-order valence-corrected chi connectivity index (χ1v) is 9.25. The minimum absolute atomic E-state index is 0.0538. The molecule has 0 bridgehead atoms. The Morgan fingerprint density at radius 2 is 1.81 bits per heavy atom. The fraction of sp³-hybridized carbons (Fsp3) is 0.294. The first-order chi connectivity index (χ1) is 12.0. The first kappa shape index (κ1) is 19.8. The average Bonchev–Trinajstić information content (AvgIpc) is 2.52. The quantitative estimate of drug-likeness (QED) is 0.830. The third-order valence-corrected chi connectivity index (χ3v) is 4.42. The molecule has 26 heavy (non-hydrogen) atoms. The second kappa shape index (κ2) is 7.79. The lowest BCUT2D eigenvalue weighted by atomic mass is 10.2. The van der Waals surface area contributed by atoms with Crippen molar-refractivity contribution < 1.29 is 22.3 Å². The Kier molecular flexibility index (Phi) is 5.94. The predicted octanol–water partition coefficient (Wildman–Crippen LogP) is 3.05. The van der Waals surface area contributed by atoms with Crippen molar-refractivity contribution >= 4 is 21.9 Å². The zero-order valence-corrected chi connectivity index (χ0v) is 15.4. The molecule has 0 unspecified atom stereocenters. The maximum atomic E-state index is 12.9. The number of hydrogen-bond acceptors (Lipinski definition) is 5. The molecular weight excluding hydrogens is 361 g/mol. The van der Waals surface area contributed by atoms with E-state index in [2.05, 4.69) is 15.0 Å². The number of aromatic nitrogens is 1. The van der Waals surface area contributed by atoms with E-state index < -0.39 is 27.5 Å². The van der Waals surface area contributed by atoms with Crippen LogP contribution in [0.2, 0.25) is 0 Å². The van der Waals surface area contributed by atoms with Crippen LogP contribution in [0.4, 0.5) is 15.0 Å². The molecule has 140 valence electrons. The van der Waals surface area contributed by atoms with Gasteiger partial charge in [0.25, 0.3) is 0 Å². The van der Waals surface area contributed by atoms with Gasteiger partial charge >= 0.3 is 6.09 Å². The van der Waals surface area contributed by atoms with Gasteiger partial charge in [-0.2, -0.15) is 0 Å². The highest BCUT2D eigenvalue weighted by Crippen LogP contribution is 2.12. The molecule has 0 aliphatic heterocycles. The number of halogens is 1. The van der Waals surface area contributed by atoms with Gasteiger partial charge in [0, 0.05) is 0 Å². The van der Waals surface area contributed by atoms with Crippen LogP contribution in [0.1, 0.15) is 26.5 Å². The molecular formula is C17H20FN3O4S. The lowest BCUT2D eigenvalue weighted by Crippen LogP contribution is -2.27.